The second-order valence-electron chi connectivity index (χ2n) is 3.29. The summed E-state index contributed by atoms with van der Waals surface area (Å²) < 4.78 is 0. The van der Waals surface area contributed by atoms with E-state index in [0.29, 0.717) is 13.0 Å². The van der Waals surface area contributed by atoms with E-state index in [-0.39, 0.29) is 11.3 Å². The molecular formula is C7H14N2O. The van der Waals surface area contributed by atoms with Crippen molar-refractivity contribution >= 4 is 5.91 Å². The van der Waals surface area contributed by atoms with Crippen LogP contribution in [-0.2, 0) is 4.79 Å². The summed E-state index contributed by atoms with van der Waals surface area (Å²) in [6, 6.07) is 0. The highest BCUT2D eigenvalue weighted by Gasteiger charge is 2.27. The number of rotatable bonds is 1. The fourth-order valence-electron chi connectivity index (χ4n) is 1.08. The summed E-state index contributed by atoms with van der Waals surface area (Å²) in [7, 11) is 0. The number of piperidine rings is 1. The Kier molecular flexibility index (Phi) is 1.94. The van der Waals surface area contributed by atoms with E-state index in [2.05, 4.69) is 12.2 Å². The Labute approximate surface area is 61.0 Å². The highest BCUT2D eigenvalue weighted by Crippen LogP contribution is 2.23. The van der Waals surface area contributed by atoms with Crippen LogP contribution in [0.1, 0.15) is 19.8 Å². The predicted molar refractivity (Wildman–Crippen MR) is 39.4 cm³/mol. The predicted octanol–water partition coefficient (Wildman–Crippen LogP) is -0.139. The number of amides is 1. The minimum atomic E-state index is 0.147. The maximum atomic E-state index is 10.7. The minimum absolute atomic E-state index is 0.147. The van der Waals surface area contributed by atoms with Crippen LogP contribution in [-0.4, -0.2) is 19.0 Å². The Bertz CT molecular complexity index is 135. The molecule has 1 rings (SSSR count). The van der Waals surface area contributed by atoms with E-state index in [1.54, 1.807) is 0 Å². The summed E-state index contributed by atoms with van der Waals surface area (Å²) in [6.07, 6.45) is 1.56. The zero-order valence-corrected chi connectivity index (χ0v) is 6.31. The van der Waals surface area contributed by atoms with Crippen molar-refractivity contribution in [2.75, 3.05) is 13.1 Å². The van der Waals surface area contributed by atoms with Gasteiger partial charge in [0.25, 0.3) is 0 Å². The number of hydrogen-bond donors (Lipinski definition) is 2. The maximum absolute atomic E-state index is 10.7. The Morgan fingerprint density at radius 3 is 2.90 bits per heavy atom. The molecule has 0 radical (unpaired) electrons. The molecule has 3 nitrogen and oxygen atoms in total. The summed E-state index contributed by atoms with van der Waals surface area (Å²) in [5.74, 6) is 0.158. The van der Waals surface area contributed by atoms with Gasteiger partial charge in [-0.1, -0.05) is 6.92 Å². The van der Waals surface area contributed by atoms with Crippen molar-refractivity contribution in [3.63, 3.8) is 0 Å². The molecule has 0 bridgehead atoms. The standard InChI is InChI=1S/C7H14N2O/c1-7(4-8)3-2-6(10)9-5-7/h2-5,8H2,1H3,(H,9,10)/t7-/m1/s1. The lowest BCUT2D eigenvalue weighted by Gasteiger charge is -2.31. The summed E-state index contributed by atoms with van der Waals surface area (Å²) in [4.78, 5) is 10.7. The molecule has 1 fully saturated rings. The molecule has 10 heavy (non-hydrogen) atoms. The van der Waals surface area contributed by atoms with Gasteiger partial charge < -0.3 is 11.1 Å². The third-order valence-corrected chi connectivity index (χ3v) is 2.16. The number of carbonyl (C=O) groups is 1. The monoisotopic (exact) mass is 142 g/mol. The lowest BCUT2D eigenvalue weighted by atomic mass is 9.83. The highest BCUT2D eigenvalue weighted by atomic mass is 16.1. The third kappa shape index (κ3) is 1.48. The molecule has 58 valence electrons. The summed E-state index contributed by atoms with van der Waals surface area (Å²) in [6.45, 7) is 3.50. The van der Waals surface area contributed by atoms with Gasteiger partial charge >= 0.3 is 0 Å². The lowest BCUT2D eigenvalue weighted by Crippen LogP contribution is -2.45. The van der Waals surface area contributed by atoms with Crippen LogP contribution >= 0.6 is 0 Å². The van der Waals surface area contributed by atoms with E-state index in [1.807, 2.05) is 0 Å². The van der Waals surface area contributed by atoms with E-state index in [9.17, 15) is 4.79 Å². The number of carbonyl (C=O) groups excluding carboxylic acids is 1. The van der Waals surface area contributed by atoms with Crippen LogP contribution in [0.3, 0.4) is 0 Å². The van der Waals surface area contributed by atoms with Gasteiger partial charge in [0.15, 0.2) is 0 Å². The third-order valence-electron chi connectivity index (χ3n) is 2.16. The van der Waals surface area contributed by atoms with E-state index in [0.717, 1.165) is 13.0 Å². The molecule has 3 N–H and O–H groups in total. The molecule has 3 heteroatoms. The molecule has 1 amide bonds. The Morgan fingerprint density at radius 1 is 1.80 bits per heavy atom. The second kappa shape index (κ2) is 2.58. The molecule has 0 aromatic heterocycles. The van der Waals surface area contributed by atoms with Gasteiger partial charge in [-0.05, 0) is 18.4 Å². The zero-order valence-electron chi connectivity index (χ0n) is 6.31. The SMILES string of the molecule is C[C@]1(CN)CCC(=O)NC1. The Morgan fingerprint density at radius 2 is 2.50 bits per heavy atom. The van der Waals surface area contributed by atoms with Crippen molar-refractivity contribution in [3.05, 3.63) is 0 Å². The van der Waals surface area contributed by atoms with Gasteiger partial charge in [-0.2, -0.15) is 0 Å². The van der Waals surface area contributed by atoms with Crippen LogP contribution in [0.25, 0.3) is 0 Å². The maximum Gasteiger partial charge on any atom is 0.220 e. The molecule has 1 aliphatic heterocycles. The average Bonchev–Trinajstić information content (AvgIpc) is 1.96. The fourth-order valence-corrected chi connectivity index (χ4v) is 1.08. The van der Waals surface area contributed by atoms with Crippen LogP contribution in [0.2, 0.25) is 0 Å². The van der Waals surface area contributed by atoms with Crippen molar-refractivity contribution in [2.24, 2.45) is 11.1 Å². The topological polar surface area (TPSA) is 55.1 Å². The largest absolute Gasteiger partial charge is 0.356 e. The van der Waals surface area contributed by atoms with Gasteiger partial charge in [0.05, 0.1) is 0 Å². The van der Waals surface area contributed by atoms with Gasteiger partial charge in [0, 0.05) is 13.0 Å². The van der Waals surface area contributed by atoms with E-state index in [1.165, 1.54) is 0 Å². The van der Waals surface area contributed by atoms with Crippen molar-refractivity contribution in [3.8, 4) is 0 Å². The first-order chi connectivity index (χ1) is 4.66. The van der Waals surface area contributed by atoms with Gasteiger partial charge in [-0.25, -0.2) is 0 Å². The molecule has 1 atom stereocenters. The van der Waals surface area contributed by atoms with E-state index >= 15 is 0 Å². The van der Waals surface area contributed by atoms with Crippen LogP contribution < -0.4 is 11.1 Å². The van der Waals surface area contributed by atoms with Crippen molar-refractivity contribution in [1.82, 2.24) is 5.32 Å². The van der Waals surface area contributed by atoms with E-state index < -0.39 is 0 Å². The van der Waals surface area contributed by atoms with Gasteiger partial charge in [0.2, 0.25) is 5.91 Å². The first kappa shape index (κ1) is 7.54. The number of hydrogen-bond acceptors (Lipinski definition) is 2. The average molecular weight is 142 g/mol. The van der Waals surface area contributed by atoms with Crippen LogP contribution in [0.4, 0.5) is 0 Å². The molecule has 0 spiro atoms. The van der Waals surface area contributed by atoms with Gasteiger partial charge in [0.1, 0.15) is 0 Å². The summed E-state index contributed by atoms with van der Waals surface area (Å²) >= 11 is 0. The van der Waals surface area contributed by atoms with E-state index in [4.69, 9.17) is 5.73 Å². The number of nitrogens with one attached hydrogen (secondary N) is 1. The molecular weight excluding hydrogens is 128 g/mol. The fraction of sp³-hybridized carbons (Fsp3) is 0.857. The first-order valence-corrected chi connectivity index (χ1v) is 3.63. The normalized spacial score (nSPS) is 33.6. The number of nitrogens with two attached hydrogens (primary N) is 1. The van der Waals surface area contributed by atoms with Gasteiger partial charge in [-0.15, -0.1) is 0 Å². The second-order valence-corrected chi connectivity index (χ2v) is 3.29. The highest BCUT2D eigenvalue weighted by molar-refractivity contribution is 5.76. The molecule has 0 aliphatic carbocycles. The quantitative estimate of drug-likeness (QED) is 0.535. The Hall–Kier alpha value is -0.570. The minimum Gasteiger partial charge on any atom is -0.356 e. The van der Waals surface area contributed by atoms with Crippen molar-refractivity contribution in [2.45, 2.75) is 19.8 Å². The van der Waals surface area contributed by atoms with Crippen molar-refractivity contribution < 1.29 is 4.79 Å². The smallest absolute Gasteiger partial charge is 0.220 e. The molecule has 0 unspecified atom stereocenters. The molecule has 1 saturated heterocycles. The van der Waals surface area contributed by atoms with Crippen LogP contribution in [0.5, 0.6) is 0 Å². The summed E-state index contributed by atoms with van der Waals surface area (Å²) in [5.41, 5.74) is 5.68. The molecule has 0 aromatic rings. The summed E-state index contributed by atoms with van der Waals surface area (Å²) in [5, 5.41) is 2.80. The van der Waals surface area contributed by atoms with Crippen molar-refractivity contribution in [1.29, 1.82) is 0 Å². The molecule has 1 aliphatic rings. The van der Waals surface area contributed by atoms with Crippen LogP contribution in [0.15, 0.2) is 0 Å². The van der Waals surface area contributed by atoms with Crippen LogP contribution in [0, 0.1) is 5.41 Å². The first-order valence-electron chi connectivity index (χ1n) is 3.63. The molecule has 0 saturated carbocycles. The molecule has 0 aromatic carbocycles. The zero-order chi connectivity index (χ0) is 7.61. The molecule has 1 heterocycles. The van der Waals surface area contributed by atoms with Gasteiger partial charge in [-0.3, -0.25) is 4.79 Å². The lowest BCUT2D eigenvalue weighted by molar-refractivity contribution is -0.124. The Balaban J connectivity index is 2.46.